The molecule has 0 aliphatic heterocycles. The first-order valence-corrected chi connectivity index (χ1v) is 6.54. The van der Waals surface area contributed by atoms with Gasteiger partial charge in [0.2, 0.25) is 0 Å². The van der Waals surface area contributed by atoms with Gasteiger partial charge in [-0.25, -0.2) is 0 Å². The fourth-order valence-corrected chi connectivity index (χ4v) is 2.43. The Bertz CT molecular complexity index is 432. The van der Waals surface area contributed by atoms with Gasteiger partial charge in [0.15, 0.2) is 0 Å². The Morgan fingerprint density at radius 2 is 2.06 bits per heavy atom. The van der Waals surface area contributed by atoms with Crippen molar-refractivity contribution in [3.05, 3.63) is 18.2 Å². The summed E-state index contributed by atoms with van der Waals surface area (Å²) in [5.74, 6) is 1.12. The molecule has 0 heterocycles. The first-order valence-electron chi connectivity index (χ1n) is 5.55. The first-order chi connectivity index (χ1) is 8.40. The highest BCUT2D eigenvalue weighted by Gasteiger charge is 2.29. The van der Waals surface area contributed by atoms with Gasteiger partial charge in [0.25, 0.3) is 0 Å². The van der Waals surface area contributed by atoms with Crippen molar-refractivity contribution >= 4 is 23.4 Å². The van der Waals surface area contributed by atoms with Crippen LogP contribution in [0.15, 0.2) is 23.1 Å². The van der Waals surface area contributed by atoms with Gasteiger partial charge in [0, 0.05) is 16.3 Å². The lowest BCUT2D eigenvalue weighted by molar-refractivity contribution is -0.149. The van der Waals surface area contributed by atoms with Gasteiger partial charge in [0.1, 0.15) is 5.75 Å². The molecule has 1 rings (SSSR count). The van der Waals surface area contributed by atoms with E-state index >= 15 is 0 Å². The number of thioether (sulfide) groups is 1. The van der Waals surface area contributed by atoms with E-state index < -0.39 is 5.41 Å². The van der Waals surface area contributed by atoms with Crippen LogP contribution in [-0.2, 0) is 9.53 Å². The van der Waals surface area contributed by atoms with E-state index in [9.17, 15) is 4.79 Å². The maximum atomic E-state index is 11.6. The summed E-state index contributed by atoms with van der Waals surface area (Å²) in [5.41, 5.74) is 6.02. The maximum absolute atomic E-state index is 11.6. The largest absolute Gasteiger partial charge is 0.497 e. The van der Waals surface area contributed by atoms with Crippen LogP contribution in [0.25, 0.3) is 0 Å². The molecule has 0 atom stereocenters. The van der Waals surface area contributed by atoms with Gasteiger partial charge in [-0.2, -0.15) is 0 Å². The van der Waals surface area contributed by atoms with Gasteiger partial charge in [-0.05, 0) is 32.0 Å². The number of methoxy groups -OCH3 is 2. The number of hydrogen-bond donors (Lipinski definition) is 1. The topological polar surface area (TPSA) is 61.5 Å². The Kier molecular flexibility index (Phi) is 4.90. The normalized spacial score (nSPS) is 11.1. The molecule has 5 heteroatoms. The predicted molar refractivity (Wildman–Crippen MR) is 73.9 cm³/mol. The summed E-state index contributed by atoms with van der Waals surface area (Å²) in [5, 5.41) is 0. The fraction of sp³-hybridized carbons (Fsp3) is 0.462. The minimum Gasteiger partial charge on any atom is -0.497 e. The number of nitrogens with two attached hydrogens (primary N) is 1. The summed E-state index contributed by atoms with van der Waals surface area (Å²) in [6, 6.07) is 5.48. The number of carbonyl (C=O) groups excluding carboxylic acids is 1. The molecular formula is C13H19NO3S. The Morgan fingerprint density at radius 3 is 2.61 bits per heavy atom. The summed E-state index contributed by atoms with van der Waals surface area (Å²) in [6.45, 7) is 3.70. The van der Waals surface area contributed by atoms with Crippen molar-refractivity contribution in [2.45, 2.75) is 18.7 Å². The zero-order valence-electron chi connectivity index (χ0n) is 11.1. The molecule has 0 saturated carbocycles. The Labute approximate surface area is 112 Å². The molecule has 0 aromatic heterocycles. The minimum absolute atomic E-state index is 0.225. The monoisotopic (exact) mass is 269 g/mol. The lowest BCUT2D eigenvalue weighted by atomic mass is 9.97. The number of anilines is 1. The van der Waals surface area contributed by atoms with Crippen LogP contribution in [0.1, 0.15) is 13.8 Å². The van der Waals surface area contributed by atoms with Crippen molar-refractivity contribution in [2.24, 2.45) is 5.41 Å². The Balaban J connectivity index is 2.77. The van der Waals surface area contributed by atoms with Gasteiger partial charge >= 0.3 is 5.97 Å². The van der Waals surface area contributed by atoms with E-state index in [-0.39, 0.29) is 5.97 Å². The van der Waals surface area contributed by atoms with Gasteiger partial charge in [-0.15, -0.1) is 11.8 Å². The number of ether oxygens (including phenoxy) is 2. The minimum atomic E-state index is -0.547. The number of hydrogen-bond acceptors (Lipinski definition) is 5. The van der Waals surface area contributed by atoms with Crippen LogP contribution in [0.4, 0.5) is 5.69 Å². The molecule has 0 aliphatic carbocycles. The highest BCUT2D eigenvalue weighted by Crippen LogP contribution is 2.34. The van der Waals surface area contributed by atoms with E-state index in [1.165, 1.54) is 18.9 Å². The first kappa shape index (κ1) is 14.7. The summed E-state index contributed by atoms with van der Waals surface area (Å²) in [4.78, 5) is 12.5. The second-order valence-corrected chi connectivity index (χ2v) is 5.59. The van der Waals surface area contributed by atoms with Crippen molar-refractivity contribution in [3.8, 4) is 5.75 Å². The van der Waals surface area contributed by atoms with Crippen LogP contribution >= 0.6 is 11.8 Å². The molecule has 0 spiro atoms. The quantitative estimate of drug-likeness (QED) is 0.505. The van der Waals surface area contributed by atoms with Gasteiger partial charge in [0.05, 0.1) is 19.6 Å². The lowest BCUT2D eigenvalue weighted by Crippen LogP contribution is -2.28. The van der Waals surface area contributed by atoms with E-state index in [2.05, 4.69) is 0 Å². The molecule has 0 amide bonds. The lowest BCUT2D eigenvalue weighted by Gasteiger charge is -2.21. The van der Waals surface area contributed by atoms with Crippen LogP contribution in [0, 0.1) is 5.41 Å². The Morgan fingerprint density at radius 1 is 1.39 bits per heavy atom. The molecule has 0 aliphatic rings. The predicted octanol–water partition coefficient (Wildman–Crippen LogP) is 2.57. The highest BCUT2D eigenvalue weighted by molar-refractivity contribution is 7.99. The van der Waals surface area contributed by atoms with E-state index in [0.717, 1.165) is 10.6 Å². The molecule has 0 fully saturated rings. The van der Waals surface area contributed by atoms with Crippen molar-refractivity contribution in [3.63, 3.8) is 0 Å². The Hall–Kier alpha value is -1.36. The number of rotatable bonds is 5. The third-order valence-corrected chi connectivity index (χ3v) is 4.08. The SMILES string of the molecule is COC(=O)C(C)(C)CSc1cc(OC)ccc1N. The van der Waals surface area contributed by atoms with Gasteiger partial charge in [-0.3, -0.25) is 4.79 Å². The van der Waals surface area contributed by atoms with Crippen LogP contribution in [0.3, 0.4) is 0 Å². The molecule has 0 radical (unpaired) electrons. The molecule has 1 aromatic carbocycles. The number of carbonyl (C=O) groups is 1. The summed E-state index contributed by atoms with van der Waals surface area (Å²) in [6.07, 6.45) is 0. The second kappa shape index (κ2) is 6.00. The molecule has 18 heavy (non-hydrogen) atoms. The van der Waals surface area contributed by atoms with E-state index in [1.54, 1.807) is 13.2 Å². The standard InChI is InChI=1S/C13H19NO3S/c1-13(2,12(15)17-4)8-18-11-7-9(16-3)5-6-10(11)14/h5-7H,8,14H2,1-4H3. The maximum Gasteiger partial charge on any atom is 0.312 e. The van der Waals surface area contributed by atoms with Crippen molar-refractivity contribution < 1.29 is 14.3 Å². The van der Waals surface area contributed by atoms with Crippen LogP contribution < -0.4 is 10.5 Å². The third-order valence-electron chi connectivity index (χ3n) is 2.55. The number of esters is 1. The summed E-state index contributed by atoms with van der Waals surface area (Å²) in [7, 11) is 3.01. The summed E-state index contributed by atoms with van der Waals surface area (Å²) < 4.78 is 9.92. The van der Waals surface area contributed by atoms with Crippen LogP contribution in [-0.4, -0.2) is 25.9 Å². The number of nitrogen functional groups attached to an aromatic ring is 1. The zero-order chi connectivity index (χ0) is 13.8. The molecule has 2 N–H and O–H groups in total. The third kappa shape index (κ3) is 3.57. The van der Waals surface area contributed by atoms with E-state index in [0.29, 0.717) is 11.4 Å². The molecule has 100 valence electrons. The van der Waals surface area contributed by atoms with Crippen LogP contribution in [0.5, 0.6) is 5.75 Å². The molecule has 0 saturated heterocycles. The van der Waals surface area contributed by atoms with Crippen molar-refractivity contribution in [1.29, 1.82) is 0 Å². The van der Waals surface area contributed by atoms with Gasteiger partial charge < -0.3 is 15.2 Å². The average molecular weight is 269 g/mol. The highest BCUT2D eigenvalue weighted by atomic mass is 32.2. The molecular weight excluding hydrogens is 250 g/mol. The fourth-order valence-electron chi connectivity index (χ4n) is 1.36. The smallest absolute Gasteiger partial charge is 0.312 e. The average Bonchev–Trinajstić information content (AvgIpc) is 2.36. The number of benzene rings is 1. The van der Waals surface area contributed by atoms with E-state index in [1.807, 2.05) is 26.0 Å². The van der Waals surface area contributed by atoms with Crippen molar-refractivity contribution in [2.75, 3.05) is 25.7 Å². The molecule has 4 nitrogen and oxygen atoms in total. The summed E-state index contributed by atoms with van der Waals surface area (Å²) >= 11 is 1.52. The zero-order valence-corrected chi connectivity index (χ0v) is 12.0. The second-order valence-electron chi connectivity index (χ2n) is 4.57. The molecule has 0 unspecified atom stereocenters. The van der Waals surface area contributed by atoms with Crippen LogP contribution in [0.2, 0.25) is 0 Å². The molecule has 0 bridgehead atoms. The van der Waals surface area contributed by atoms with E-state index in [4.69, 9.17) is 15.2 Å². The molecule has 1 aromatic rings. The van der Waals surface area contributed by atoms with Gasteiger partial charge in [-0.1, -0.05) is 0 Å². The van der Waals surface area contributed by atoms with Crippen molar-refractivity contribution in [1.82, 2.24) is 0 Å².